The number of piperazine rings is 1. The minimum Gasteiger partial charge on any atom is -0.489 e. The lowest BCUT2D eigenvalue weighted by molar-refractivity contribution is 0.292. The second-order valence-corrected chi connectivity index (χ2v) is 4.77. The summed E-state index contributed by atoms with van der Waals surface area (Å²) in [6.07, 6.45) is 0. The van der Waals surface area contributed by atoms with Gasteiger partial charge in [0, 0.05) is 31.9 Å². The van der Waals surface area contributed by atoms with Crippen LogP contribution in [0.15, 0.2) is 18.2 Å². The van der Waals surface area contributed by atoms with Crippen LogP contribution < -0.4 is 20.3 Å². The Hall–Kier alpha value is -1.42. The summed E-state index contributed by atoms with van der Waals surface area (Å²) in [7, 11) is 0. The summed E-state index contributed by atoms with van der Waals surface area (Å²) >= 11 is 0. The van der Waals surface area contributed by atoms with Crippen molar-refractivity contribution in [2.75, 3.05) is 43.0 Å². The lowest BCUT2D eigenvalue weighted by atomic mass is 10.2. The standard InChI is InChI=1S/C13H19N3O/c1-10-9-17-13-3-2-11(8-12(13)15-10)16-6-4-14-5-7-16/h2-3,8,10,14-15H,4-7,9H2,1H3. The SMILES string of the molecule is CC1COc2ccc(N3CCNCC3)cc2N1. The molecule has 2 aliphatic heterocycles. The van der Waals surface area contributed by atoms with Gasteiger partial charge in [-0.25, -0.2) is 0 Å². The summed E-state index contributed by atoms with van der Waals surface area (Å²) in [5, 5.41) is 6.84. The number of benzene rings is 1. The minimum atomic E-state index is 0.390. The first-order valence-corrected chi connectivity index (χ1v) is 6.32. The van der Waals surface area contributed by atoms with Crippen molar-refractivity contribution >= 4 is 11.4 Å². The van der Waals surface area contributed by atoms with Crippen LogP contribution in [0, 0.1) is 0 Å². The first-order valence-electron chi connectivity index (χ1n) is 6.32. The molecule has 0 aromatic heterocycles. The van der Waals surface area contributed by atoms with Gasteiger partial charge in [-0.15, -0.1) is 0 Å². The van der Waals surface area contributed by atoms with E-state index in [1.54, 1.807) is 0 Å². The number of ether oxygens (including phenoxy) is 1. The molecule has 1 aromatic rings. The van der Waals surface area contributed by atoms with Gasteiger partial charge in [0.15, 0.2) is 0 Å². The van der Waals surface area contributed by atoms with Gasteiger partial charge in [-0.1, -0.05) is 0 Å². The number of nitrogens with one attached hydrogen (secondary N) is 2. The van der Waals surface area contributed by atoms with Crippen molar-refractivity contribution in [2.45, 2.75) is 13.0 Å². The molecule has 1 aromatic carbocycles. The smallest absolute Gasteiger partial charge is 0.142 e. The van der Waals surface area contributed by atoms with Crippen molar-refractivity contribution in [3.63, 3.8) is 0 Å². The highest BCUT2D eigenvalue weighted by Gasteiger charge is 2.17. The summed E-state index contributed by atoms with van der Waals surface area (Å²) in [4.78, 5) is 2.41. The highest BCUT2D eigenvalue weighted by Crippen LogP contribution is 2.32. The van der Waals surface area contributed by atoms with Crippen molar-refractivity contribution in [3.05, 3.63) is 18.2 Å². The number of hydrogen-bond donors (Lipinski definition) is 2. The Morgan fingerprint density at radius 1 is 1.29 bits per heavy atom. The monoisotopic (exact) mass is 233 g/mol. The van der Waals surface area contributed by atoms with Crippen LogP contribution in [0.25, 0.3) is 0 Å². The Balaban J connectivity index is 1.84. The Morgan fingerprint density at radius 3 is 2.94 bits per heavy atom. The Labute approximate surface area is 102 Å². The maximum absolute atomic E-state index is 5.68. The van der Waals surface area contributed by atoms with Gasteiger partial charge < -0.3 is 20.3 Å². The predicted molar refractivity (Wildman–Crippen MR) is 70.1 cm³/mol. The third kappa shape index (κ3) is 2.17. The zero-order chi connectivity index (χ0) is 11.7. The van der Waals surface area contributed by atoms with E-state index in [1.165, 1.54) is 5.69 Å². The van der Waals surface area contributed by atoms with Gasteiger partial charge in [-0.2, -0.15) is 0 Å². The quantitative estimate of drug-likeness (QED) is 0.766. The molecule has 1 fully saturated rings. The van der Waals surface area contributed by atoms with E-state index < -0.39 is 0 Å². The Kier molecular flexibility index (Phi) is 2.81. The van der Waals surface area contributed by atoms with Crippen LogP contribution in [0.2, 0.25) is 0 Å². The van der Waals surface area contributed by atoms with E-state index in [1.807, 2.05) is 0 Å². The molecule has 92 valence electrons. The topological polar surface area (TPSA) is 36.5 Å². The van der Waals surface area contributed by atoms with Gasteiger partial charge in [0.05, 0.1) is 11.7 Å². The van der Waals surface area contributed by atoms with E-state index in [0.29, 0.717) is 6.04 Å². The third-order valence-corrected chi connectivity index (χ3v) is 3.34. The highest BCUT2D eigenvalue weighted by atomic mass is 16.5. The summed E-state index contributed by atoms with van der Waals surface area (Å²) in [5.41, 5.74) is 2.41. The third-order valence-electron chi connectivity index (χ3n) is 3.34. The van der Waals surface area contributed by atoms with Gasteiger partial charge in [0.1, 0.15) is 12.4 Å². The molecule has 4 heteroatoms. The highest BCUT2D eigenvalue weighted by molar-refractivity contribution is 5.67. The van der Waals surface area contributed by atoms with Gasteiger partial charge in [-0.3, -0.25) is 0 Å². The molecular formula is C13H19N3O. The van der Waals surface area contributed by atoms with Crippen LogP contribution in [-0.2, 0) is 0 Å². The summed E-state index contributed by atoms with van der Waals surface area (Å²) in [5.74, 6) is 0.974. The first kappa shape index (κ1) is 10.7. The Morgan fingerprint density at radius 2 is 2.12 bits per heavy atom. The van der Waals surface area contributed by atoms with Crippen LogP contribution in [0.1, 0.15) is 6.92 Å². The number of nitrogens with zero attached hydrogens (tertiary/aromatic N) is 1. The largest absolute Gasteiger partial charge is 0.489 e. The molecule has 3 rings (SSSR count). The molecule has 1 atom stereocenters. The fraction of sp³-hybridized carbons (Fsp3) is 0.538. The van der Waals surface area contributed by atoms with E-state index in [4.69, 9.17) is 4.74 Å². The zero-order valence-corrected chi connectivity index (χ0v) is 10.2. The maximum atomic E-state index is 5.68. The molecule has 1 unspecified atom stereocenters. The molecule has 0 radical (unpaired) electrons. The molecule has 1 saturated heterocycles. The second-order valence-electron chi connectivity index (χ2n) is 4.77. The summed E-state index contributed by atoms with van der Waals surface area (Å²) in [6, 6.07) is 6.82. The second kappa shape index (κ2) is 4.45. The van der Waals surface area contributed by atoms with Crippen molar-refractivity contribution in [3.8, 4) is 5.75 Å². The molecule has 0 aliphatic carbocycles. The fourth-order valence-corrected chi connectivity index (χ4v) is 2.40. The molecule has 2 aliphatic rings. The summed E-state index contributed by atoms with van der Waals surface area (Å²) in [6.45, 7) is 7.18. The number of fused-ring (bicyclic) bond motifs is 1. The molecule has 2 N–H and O–H groups in total. The number of rotatable bonds is 1. The molecule has 0 saturated carbocycles. The first-order chi connectivity index (χ1) is 8.33. The maximum Gasteiger partial charge on any atom is 0.142 e. The molecule has 4 nitrogen and oxygen atoms in total. The van der Waals surface area contributed by atoms with Gasteiger partial charge in [0.25, 0.3) is 0 Å². The lowest BCUT2D eigenvalue weighted by Crippen LogP contribution is -2.43. The van der Waals surface area contributed by atoms with E-state index >= 15 is 0 Å². The van der Waals surface area contributed by atoms with Crippen LogP contribution in [0.5, 0.6) is 5.75 Å². The van der Waals surface area contributed by atoms with Crippen LogP contribution in [0.4, 0.5) is 11.4 Å². The Bertz CT molecular complexity index is 402. The zero-order valence-electron chi connectivity index (χ0n) is 10.2. The molecule has 0 spiro atoms. The summed E-state index contributed by atoms with van der Waals surface area (Å²) < 4.78 is 5.68. The van der Waals surface area contributed by atoms with Gasteiger partial charge >= 0.3 is 0 Å². The fourth-order valence-electron chi connectivity index (χ4n) is 2.40. The predicted octanol–water partition coefficient (Wildman–Crippen LogP) is 1.29. The van der Waals surface area contributed by atoms with Gasteiger partial charge in [0.2, 0.25) is 0 Å². The van der Waals surface area contributed by atoms with Crippen molar-refractivity contribution in [2.24, 2.45) is 0 Å². The minimum absolute atomic E-state index is 0.390. The van der Waals surface area contributed by atoms with Crippen molar-refractivity contribution in [1.82, 2.24) is 5.32 Å². The molecule has 17 heavy (non-hydrogen) atoms. The van der Waals surface area contributed by atoms with Crippen LogP contribution >= 0.6 is 0 Å². The van der Waals surface area contributed by atoms with Crippen molar-refractivity contribution < 1.29 is 4.74 Å². The lowest BCUT2D eigenvalue weighted by Gasteiger charge is -2.31. The normalized spacial score (nSPS) is 23.6. The van der Waals surface area contributed by atoms with E-state index in [-0.39, 0.29) is 0 Å². The van der Waals surface area contributed by atoms with E-state index in [9.17, 15) is 0 Å². The van der Waals surface area contributed by atoms with E-state index in [2.05, 4.69) is 40.7 Å². The van der Waals surface area contributed by atoms with Crippen LogP contribution in [0.3, 0.4) is 0 Å². The van der Waals surface area contributed by atoms with Gasteiger partial charge in [-0.05, 0) is 25.1 Å². The van der Waals surface area contributed by atoms with E-state index in [0.717, 1.165) is 44.2 Å². The average molecular weight is 233 g/mol. The number of hydrogen-bond acceptors (Lipinski definition) is 4. The van der Waals surface area contributed by atoms with Crippen LogP contribution in [-0.4, -0.2) is 38.8 Å². The number of anilines is 2. The molecule has 0 amide bonds. The average Bonchev–Trinajstić information content (AvgIpc) is 2.39. The molecular weight excluding hydrogens is 214 g/mol. The molecule has 0 bridgehead atoms. The van der Waals surface area contributed by atoms with Crippen molar-refractivity contribution in [1.29, 1.82) is 0 Å². The molecule has 2 heterocycles.